The average molecular weight is 290 g/mol. The second-order valence-electron chi connectivity index (χ2n) is 5.44. The van der Waals surface area contributed by atoms with Crippen LogP contribution < -0.4 is 10.6 Å². The third-order valence-electron chi connectivity index (χ3n) is 3.86. The molecule has 21 heavy (non-hydrogen) atoms. The molecule has 1 atom stereocenters. The number of carbonyl (C=O) groups is 2. The van der Waals surface area contributed by atoms with Crippen molar-refractivity contribution < 1.29 is 14.3 Å². The van der Waals surface area contributed by atoms with E-state index in [0.29, 0.717) is 26.0 Å². The number of ether oxygens (including phenoxy) is 1. The Labute approximate surface area is 125 Å². The Kier molecular flexibility index (Phi) is 4.96. The number of amides is 2. The highest BCUT2D eigenvalue weighted by Crippen LogP contribution is 2.46. The first-order valence-electron chi connectivity index (χ1n) is 7.23. The molecule has 2 rings (SSSR count). The van der Waals surface area contributed by atoms with Gasteiger partial charge in [0.25, 0.3) is 0 Å². The first kappa shape index (κ1) is 15.5. The minimum Gasteiger partial charge on any atom is -0.383 e. The maximum Gasteiger partial charge on any atom is 0.236 e. The van der Waals surface area contributed by atoms with E-state index in [1.807, 2.05) is 37.3 Å². The van der Waals surface area contributed by atoms with Crippen molar-refractivity contribution in [3.63, 3.8) is 0 Å². The summed E-state index contributed by atoms with van der Waals surface area (Å²) in [5.74, 6) is -0.383. The predicted octanol–water partition coefficient (Wildman–Crippen LogP) is 1.41. The summed E-state index contributed by atoms with van der Waals surface area (Å²) in [6.45, 7) is 2.80. The number of hydrogen-bond acceptors (Lipinski definition) is 3. The van der Waals surface area contributed by atoms with Crippen molar-refractivity contribution in [3.05, 3.63) is 35.9 Å². The van der Waals surface area contributed by atoms with Crippen LogP contribution in [0.3, 0.4) is 0 Å². The van der Waals surface area contributed by atoms with Crippen molar-refractivity contribution in [3.8, 4) is 0 Å². The summed E-state index contributed by atoms with van der Waals surface area (Å²) in [5.41, 5.74) is 0.151. The fraction of sp³-hybridized carbons (Fsp3) is 0.500. The Balaban J connectivity index is 1.92. The van der Waals surface area contributed by atoms with E-state index in [4.69, 9.17) is 4.74 Å². The zero-order chi connectivity index (χ0) is 15.3. The topological polar surface area (TPSA) is 67.4 Å². The molecule has 1 fully saturated rings. The molecule has 114 valence electrons. The highest BCUT2D eigenvalue weighted by atomic mass is 16.5. The van der Waals surface area contributed by atoms with E-state index < -0.39 is 5.41 Å². The Morgan fingerprint density at radius 2 is 1.90 bits per heavy atom. The van der Waals surface area contributed by atoms with E-state index in [0.717, 1.165) is 5.56 Å². The van der Waals surface area contributed by atoms with Crippen LogP contribution in [0.15, 0.2) is 30.3 Å². The van der Waals surface area contributed by atoms with Crippen LogP contribution in [-0.2, 0) is 14.3 Å². The lowest BCUT2D eigenvalue weighted by Gasteiger charge is -2.19. The first-order chi connectivity index (χ1) is 10.1. The molecule has 1 aliphatic carbocycles. The van der Waals surface area contributed by atoms with Crippen LogP contribution in [-0.4, -0.2) is 32.1 Å². The SMILES string of the molecule is COCCNC(=O)C1(C(=O)NC(C)c2ccccc2)CC1. The van der Waals surface area contributed by atoms with E-state index in [2.05, 4.69) is 10.6 Å². The molecule has 2 amide bonds. The average Bonchev–Trinajstić information content (AvgIpc) is 3.30. The van der Waals surface area contributed by atoms with E-state index in [1.54, 1.807) is 7.11 Å². The largest absolute Gasteiger partial charge is 0.383 e. The van der Waals surface area contributed by atoms with E-state index in [1.165, 1.54) is 0 Å². The molecular formula is C16H22N2O3. The summed E-state index contributed by atoms with van der Waals surface area (Å²) in [5, 5.41) is 5.69. The van der Waals surface area contributed by atoms with E-state index in [9.17, 15) is 9.59 Å². The summed E-state index contributed by atoms with van der Waals surface area (Å²) in [4.78, 5) is 24.5. The van der Waals surface area contributed by atoms with Gasteiger partial charge in [0.15, 0.2) is 0 Å². The molecule has 0 heterocycles. The fourth-order valence-electron chi connectivity index (χ4n) is 2.28. The van der Waals surface area contributed by atoms with Crippen LogP contribution in [0.5, 0.6) is 0 Å². The van der Waals surface area contributed by atoms with Crippen LogP contribution in [0.2, 0.25) is 0 Å². The van der Waals surface area contributed by atoms with Crippen LogP contribution in [0, 0.1) is 5.41 Å². The second-order valence-corrected chi connectivity index (χ2v) is 5.44. The van der Waals surface area contributed by atoms with Crippen LogP contribution >= 0.6 is 0 Å². The minimum absolute atomic E-state index is 0.108. The second kappa shape index (κ2) is 6.72. The molecular weight excluding hydrogens is 268 g/mol. The summed E-state index contributed by atoms with van der Waals surface area (Å²) in [7, 11) is 1.58. The predicted molar refractivity (Wildman–Crippen MR) is 79.6 cm³/mol. The van der Waals surface area contributed by atoms with Gasteiger partial charge in [-0.15, -0.1) is 0 Å². The number of hydrogen-bond donors (Lipinski definition) is 2. The molecule has 0 spiro atoms. The minimum atomic E-state index is -0.878. The van der Waals surface area contributed by atoms with Gasteiger partial charge in [0, 0.05) is 13.7 Å². The zero-order valence-electron chi connectivity index (χ0n) is 12.5. The quantitative estimate of drug-likeness (QED) is 0.589. The van der Waals surface area contributed by atoms with Gasteiger partial charge in [0.1, 0.15) is 5.41 Å². The maximum absolute atomic E-state index is 12.4. The maximum atomic E-state index is 12.4. The third-order valence-corrected chi connectivity index (χ3v) is 3.86. The van der Waals surface area contributed by atoms with Crippen LogP contribution in [0.4, 0.5) is 0 Å². The molecule has 0 saturated heterocycles. The van der Waals surface area contributed by atoms with Gasteiger partial charge in [-0.05, 0) is 25.3 Å². The van der Waals surface area contributed by atoms with E-state index in [-0.39, 0.29) is 17.9 Å². The lowest BCUT2D eigenvalue weighted by molar-refractivity contribution is -0.137. The van der Waals surface area contributed by atoms with Crippen molar-refractivity contribution in [2.75, 3.05) is 20.3 Å². The van der Waals surface area contributed by atoms with Gasteiger partial charge in [-0.1, -0.05) is 30.3 Å². The molecule has 0 bridgehead atoms. The molecule has 1 aliphatic rings. The third kappa shape index (κ3) is 3.61. The molecule has 0 radical (unpaired) electrons. The molecule has 1 aromatic carbocycles. The van der Waals surface area contributed by atoms with Crippen molar-refractivity contribution in [2.24, 2.45) is 5.41 Å². The Bertz CT molecular complexity index is 498. The van der Waals surface area contributed by atoms with Crippen molar-refractivity contribution >= 4 is 11.8 Å². The van der Waals surface area contributed by atoms with Crippen LogP contribution in [0.25, 0.3) is 0 Å². The zero-order valence-corrected chi connectivity index (χ0v) is 12.5. The normalized spacial score (nSPS) is 16.9. The van der Waals surface area contributed by atoms with Gasteiger partial charge < -0.3 is 15.4 Å². The van der Waals surface area contributed by atoms with Gasteiger partial charge in [-0.2, -0.15) is 0 Å². The summed E-state index contributed by atoms with van der Waals surface area (Å²) >= 11 is 0. The number of rotatable bonds is 7. The molecule has 0 aliphatic heterocycles. The Morgan fingerprint density at radius 1 is 1.24 bits per heavy atom. The van der Waals surface area contributed by atoms with Crippen molar-refractivity contribution in [2.45, 2.75) is 25.8 Å². The summed E-state index contributed by atoms with van der Waals surface area (Å²) < 4.78 is 4.89. The van der Waals surface area contributed by atoms with Gasteiger partial charge >= 0.3 is 0 Å². The molecule has 2 N–H and O–H groups in total. The number of nitrogens with one attached hydrogen (secondary N) is 2. The van der Waals surface area contributed by atoms with Gasteiger partial charge in [0.2, 0.25) is 11.8 Å². The molecule has 5 nitrogen and oxygen atoms in total. The smallest absolute Gasteiger partial charge is 0.236 e. The molecule has 1 saturated carbocycles. The molecule has 5 heteroatoms. The fourth-order valence-corrected chi connectivity index (χ4v) is 2.28. The standard InChI is InChI=1S/C16H22N2O3/c1-12(13-6-4-3-5-7-13)18-15(20)16(8-9-16)14(19)17-10-11-21-2/h3-7,12H,8-11H2,1-2H3,(H,17,19)(H,18,20). The highest BCUT2D eigenvalue weighted by Gasteiger charge is 2.56. The number of carbonyl (C=O) groups excluding carboxylic acids is 2. The van der Waals surface area contributed by atoms with Crippen LogP contribution in [0.1, 0.15) is 31.4 Å². The van der Waals surface area contributed by atoms with E-state index >= 15 is 0 Å². The number of benzene rings is 1. The molecule has 0 aromatic heterocycles. The molecule has 1 unspecified atom stereocenters. The summed E-state index contributed by atoms with van der Waals surface area (Å²) in [6.07, 6.45) is 1.22. The lowest BCUT2D eigenvalue weighted by Crippen LogP contribution is -2.44. The molecule has 1 aromatic rings. The van der Waals surface area contributed by atoms with Gasteiger partial charge in [-0.25, -0.2) is 0 Å². The highest BCUT2D eigenvalue weighted by molar-refractivity contribution is 6.07. The van der Waals surface area contributed by atoms with Gasteiger partial charge in [-0.3, -0.25) is 9.59 Å². The van der Waals surface area contributed by atoms with Crippen molar-refractivity contribution in [1.82, 2.24) is 10.6 Å². The Hall–Kier alpha value is -1.88. The van der Waals surface area contributed by atoms with Gasteiger partial charge in [0.05, 0.1) is 12.6 Å². The first-order valence-corrected chi connectivity index (χ1v) is 7.23. The Morgan fingerprint density at radius 3 is 2.48 bits per heavy atom. The van der Waals surface area contributed by atoms with Crippen molar-refractivity contribution in [1.29, 1.82) is 0 Å². The lowest BCUT2D eigenvalue weighted by atomic mass is 10.0. The number of methoxy groups -OCH3 is 1. The monoisotopic (exact) mass is 290 g/mol. The summed E-state index contributed by atoms with van der Waals surface area (Å²) in [6, 6.07) is 9.61.